The minimum Gasteiger partial charge on any atom is -0.393 e. The number of unbranched alkanes of at least 4 members (excludes halogenated alkanes) is 1. The SMILES string of the molecule is CCCCC(C)(C1CCC(O)C(C)C1)C1CCC(O)C(C)C1. The fraction of sp³-hybridized carbons (Fsp3) is 1.00. The highest BCUT2D eigenvalue weighted by atomic mass is 16.3. The van der Waals surface area contributed by atoms with Gasteiger partial charge in [-0.25, -0.2) is 0 Å². The molecule has 0 heterocycles. The van der Waals surface area contributed by atoms with Crippen molar-refractivity contribution in [1.82, 2.24) is 0 Å². The highest BCUT2D eigenvalue weighted by Crippen LogP contribution is 2.53. The molecular weight excluding hydrogens is 272 g/mol. The van der Waals surface area contributed by atoms with Crippen LogP contribution in [0, 0.1) is 29.1 Å². The molecule has 2 aliphatic carbocycles. The standard InChI is InChI=1S/C20H38O2/c1-5-6-11-20(4,16-7-9-18(21)14(2)12-16)17-8-10-19(22)15(3)13-17/h14-19,21-22H,5-13H2,1-4H3. The van der Waals surface area contributed by atoms with Gasteiger partial charge in [0.25, 0.3) is 0 Å². The highest BCUT2D eigenvalue weighted by molar-refractivity contribution is 4.95. The van der Waals surface area contributed by atoms with Gasteiger partial charge in [-0.15, -0.1) is 0 Å². The zero-order chi connectivity index (χ0) is 16.3. The van der Waals surface area contributed by atoms with Crippen molar-refractivity contribution < 1.29 is 10.2 Å². The zero-order valence-corrected chi connectivity index (χ0v) is 15.2. The molecule has 0 aromatic rings. The molecule has 0 aromatic carbocycles. The summed E-state index contributed by atoms with van der Waals surface area (Å²) in [5, 5.41) is 20.2. The Morgan fingerprint density at radius 3 is 1.68 bits per heavy atom. The van der Waals surface area contributed by atoms with Crippen LogP contribution in [0.25, 0.3) is 0 Å². The molecule has 2 fully saturated rings. The van der Waals surface area contributed by atoms with Gasteiger partial charge < -0.3 is 10.2 Å². The summed E-state index contributed by atoms with van der Waals surface area (Å²) in [6.07, 6.45) is 10.5. The molecule has 0 radical (unpaired) electrons. The maximum absolute atomic E-state index is 10.1. The van der Waals surface area contributed by atoms with Gasteiger partial charge in [0.2, 0.25) is 0 Å². The van der Waals surface area contributed by atoms with Crippen molar-refractivity contribution in [3.05, 3.63) is 0 Å². The molecule has 0 aromatic heterocycles. The first-order valence-corrected chi connectivity index (χ1v) is 9.74. The second-order valence-electron chi connectivity index (χ2n) is 8.72. The summed E-state index contributed by atoms with van der Waals surface area (Å²) in [6, 6.07) is 0. The van der Waals surface area contributed by atoms with E-state index in [9.17, 15) is 10.2 Å². The van der Waals surface area contributed by atoms with Crippen LogP contribution < -0.4 is 0 Å². The molecule has 2 heteroatoms. The van der Waals surface area contributed by atoms with Crippen molar-refractivity contribution in [1.29, 1.82) is 0 Å². The second kappa shape index (κ2) is 7.66. The van der Waals surface area contributed by atoms with Crippen molar-refractivity contribution in [3.8, 4) is 0 Å². The van der Waals surface area contributed by atoms with Crippen LogP contribution in [0.3, 0.4) is 0 Å². The van der Waals surface area contributed by atoms with Crippen molar-refractivity contribution in [2.45, 2.75) is 97.7 Å². The summed E-state index contributed by atoms with van der Waals surface area (Å²) in [5.74, 6) is 2.41. The molecule has 2 nitrogen and oxygen atoms in total. The Morgan fingerprint density at radius 1 is 0.864 bits per heavy atom. The van der Waals surface area contributed by atoms with E-state index in [1.807, 2.05) is 0 Å². The van der Waals surface area contributed by atoms with Crippen LogP contribution in [0.4, 0.5) is 0 Å². The molecule has 6 unspecified atom stereocenters. The lowest BCUT2D eigenvalue weighted by Gasteiger charge is -2.50. The molecule has 6 atom stereocenters. The molecule has 0 spiro atoms. The van der Waals surface area contributed by atoms with Gasteiger partial charge in [0, 0.05) is 0 Å². The van der Waals surface area contributed by atoms with E-state index in [0.717, 1.165) is 24.7 Å². The first-order chi connectivity index (χ1) is 10.4. The maximum Gasteiger partial charge on any atom is 0.0566 e. The van der Waals surface area contributed by atoms with Crippen molar-refractivity contribution in [2.24, 2.45) is 29.1 Å². The van der Waals surface area contributed by atoms with Gasteiger partial charge in [-0.2, -0.15) is 0 Å². The Labute approximate surface area is 137 Å². The number of hydrogen-bond donors (Lipinski definition) is 2. The van der Waals surface area contributed by atoms with E-state index in [0.29, 0.717) is 17.3 Å². The number of hydrogen-bond acceptors (Lipinski definition) is 2. The van der Waals surface area contributed by atoms with Gasteiger partial charge in [0.15, 0.2) is 0 Å². The van der Waals surface area contributed by atoms with E-state index in [4.69, 9.17) is 0 Å². The number of aliphatic hydroxyl groups excluding tert-OH is 2. The highest BCUT2D eigenvalue weighted by Gasteiger charge is 2.45. The van der Waals surface area contributed by atoms with Crippen LogP contribution in [0.1, 0.15) is 85.5 Å². The number of aliphatic hydroxyl groups is 2. The van der Waals surface area contributed by atoms with Crippen LogP contribution in [0.5, 0.6) is 0 Å². The summed E-state index contributed by atoms with van der Waals surface area (Å²) in [5.41, 5.74) is 0.402. The molecule has 2 rings (SSSR count). The minimum absolute atomic E-state index is 0.0845. The van der Waals surface area contributed by atoms with Crippen molar-refractivity contribution in [3.63, 3.8) is 0 Å². The third-order valence-corrected chi connectivity index (χ3v) is 7.18. The van der Waals surface area contributed by atoms with E-state index in [1.54, 1.807) is 0 Å². The molecule has 0 aliphatic heterocycles. The average molecular weight is 311 g/mol. The van der Waals surface area contributed by atoms with Crippen LogP contribution in [-0.2, 0) is 0 Å². The third kappa shape index (κ3) is 3.87. The Balaban J connectivity index is 2.12. The van der Waals surface area contributed by atoms with E-state index in [1.165, 1.54) is 44.9 Å². The molecule has 2 N–H and O–H groups in total. The predicted molar refractivity (Wildman–Crippen MR) is 92.7 cm³/mol. The molecular formula is C20H38O2. The summed E-state index contributed by atoms with van der Waals surface area (Å²) in [4.78, 5) is 0. The normalized spacial score (nSPS) is 42.8. The van der Waals surface area contributed by atoms with E-state index < -0.39 is 0 Å². The summed E-state index contributed by atoms with van der Waals surface area (Å²) >= 11 is 0. The predicted octanol–water partition coefficient (Wildman–Crippen LogP) is 4.78. The minimum atomic E-state index is -0.0845. The van der Waals surface area contributed by atoms with Gasteiger partial charge in [0.1, 0.15) is 0 Å². The van der Waals surface area contributed by atoms with Crippen LogP contribution in [0.2, 0.25) is 0 Å². The molecule has 0 bridgehead atoms. The monoisotopic (exact) mass is 310 g/mol. The number of rotatable bonds is 5. The Morgan fingerprint density at radius 2 is 1.32 bits per heavy atom. The lowest BCUT2D eigenvalue weighted by molar-refractivity contribution is -0.0473. The topological polar surface area (TPSA) is 40.5 Å². The smallest absolute Gasteiger partial charge is 0.0566 e. The van der Waals surface area contributed by atoms with Crippen LogP contribution >= 0.6 is 0 Å². The van der Waals surface area contributed by atoms with Crippen LogP contribution in [-0.4, -0.2) is 22.4 Å². The third-order valence-electron chi connectivity index (χ3n) is 7.18. The molecule has 130 valence electrons. The van der Waals surface area contributed by atoms with Crippen molar-refractivity contribution >= 4 is 0 Å². The first kappa shape index (κ1) is 18.3. The van der Waals surface area contributed by atoms with Crippen molar-refractivity contribution in [2.75, 3.05) is 0 Å². The fourth-order valence-corrected chi connectivity index (χ4v) is 5.26. The second-order valence-corrected chi connectivity index (χ2v) is 8.72. The quantitative estimate of drug-likeness (QED) is 0.767. The Bertz CT molecular complexity index is 315. The maximum atomic E-state index is 10.1. The molecule has 2 aliphatic rings. The largest absolute Gasteiger partial charge is 0.393 e. The van der Waals surface area contributed by atoms with E-state index in [2.05, 4.69) is 27.7 Å². The Kier molecular flexibility index (Phi) is 6.36. The summed E-state index contributed by atoms with van der Waals surface area (Å²) in [6.45, 7) is 9.28. The average Bonchev–Trinajstić information content (AvgIpc) is 2.50. The molecule has 2 saturated carbocycles. The summed E-state index contributed by atoms with van der Waals surface area (Å²) in [7, 11) is 0. The Hall–Kier alpha value is -0.0800. The van der Waals surface area contributed by atoms with E-state index >= 15 is 0 Å². The lowest BCUT2D eigenvalue weighted by Crippen LogP contribution is -2.44. The van der Waals surface area contributed by atoms with Gasteiger partial charge in [-0.05, 0) is 74.0 Å². The van der Waals surface area contributed by atoms with Gasteiger partial charge in [-0.1, -0.05) is 40.5 Å². The molecule has 22 heavy (non-hydrogen) atoms. The van der Waals surface area contributed by atoms with Gasteiger partial charge in [0.05, 0.1) is 12.2 Å². The molecule has 0 saturated heterocycles. The first-order valence-electron chi connectivity index (χ1n) is 9.74. The molecule has 0 amide bonds. The summed E-state index contributed by atoms with van der Waals surface area (Å²) < 4.78 is 0. The van der Waals surface area contributed by atoms with Crippen LogP contribution in [0.15, 0.2) is 0 Å². The van der Waals surface area contributed by atoms with E-state index in [-0.39, 0.29) is 12.2 Å². The van der Waals surface area contributed by atoms with Gasteiger partial charge in [-0.3, -0.25) is 0 Å². The zero-order valence-electron chi connectivity index (χ0n) is 15.2. The lowest BCUT2D eigenvalue weighted by atomic mass is 9.55. The fourth-order valence-electron chi connectivity index (χ4n) is 5.26. The van der Waals surface area contributed by atoms with Gasteiger partial charge >= 0.3 is 0 Å².